The van der Waals surface area contributed by atoms with Crippen LogP contribution in [0.2, 0.25) is 39.3 Å². The minimum absolute atomic E-state index is 0.129. The molecule has 0 aromatic carbocycles. The predicted octanol–water partition coefficient (Wildman–Crippen LogP) is 2.37. The number of hydrogen-bond donors (Lipinski definition) is 0. The van der Waals surface area contributed by atoms with E-state index in [2.05, 4.69) is 39.3 Å². The molecule has 0 aliphatic carbocycles. The molecule has 0 amide bonds. The molecule has 1 aliphatic rings. The summed E-state index contributed by atoms with van der Waals surface area (Å²) in [7, 11) is -3.23. The molecule has 1 rings (SSSR count). The summed E-state index contributed by atoms with van der Waals surface area (Å²) in [5.41, 5.74) is 0. The zero-order valence-electron chi connectivity index (χ0n) is 11.7. The fourth-order valence-corrected chi connectivity index (χ4v) is 3.32. The fourth-order valence-electron chi connectivity index (χ4n) is 1.59. The number of carbonyl (C=O) groups is 1. The van der Waals surface area contributed by atoms with E-state index in [0.29, 0.717) is 13.0 Å². The average molecular weight is 276 g/mol. The third kappa shape index (κ3) is 5.80. The Labute approximate surface area is 106 Å². The molecule has 1 saturated heterocycles. The minimum atomic E-state index is -1.69. The quantitative estimate of drug-likeness (QED) is 0.571. The van der Waals surface area contributed by atoms with Gasteiger partial charge < -0.3 is 13.6 Å². The van der Waals surface area contributed by atoms with Crippen LogP contribution in [0.25, 0.3) is 0 Å². The van der Waals surface area contributed by atoms with Gasteiger partial charge in [0.15, 0.2) is 16.6 Å². The predicted molar refractivity (Wildman–Crippen MR) is 72.0 cm³/mol. The van der Waals surface area contributed by atoms with E-state index in [0.717, 1.165) is 0 Å². The summed E-state index contributed by atoms with van der Waals surface area (Å²) < 4.78 is 16.8. The lowest BCUT2D eigenvalue weighted by Gasteiger charge is -2.21. The van der Waals surface area contributed by atoms with Crippen molar-refractivity contribution in [2.45, 2.75) is 57.9 Å². The number of esters is 1. The van der Waals surface area contributed by atoms with Crippen molar-refractivity contribution >= 4 is 22.6 Å². The van der Waals surface area contributed by atoms with E-state index in [9.17, 15) is 4.79 Å². The van der Waals surface area contributed by atoms with Crippen LogP contribution in [-0.2, 0) is 18.4 Å². The van der Waals surface area contributed by atoms with E-state index in [4.69, 9.17) is 13.6 Å². The first-order valence-electron chi connectivity index (χ1n) is 6.09. The Balaban J connectivity index is 2.42. The normalized spacial score (nSPS) is 26.1. The summed E-state index contributed by atoms with van der Waals surface area (Å²) in [4.78, 5) is 11.6. The third-order valence-corrected chi connectivity index (χ3v) is 4.25. The Hall–Kier alpha value is -0.176. The summed E-state index contributed by atoms with van der Waals surface area (Å²) >= 11 is 0. The van der Waals surface area contributed by atoms with E-state index in [-0.39, 0.29) is 18.2 Å². The molecule has 0 aromatic heterocycles. The number of hydrogen-bond acceptors (Lipinski definition) is 4. The second-order valence-electron chi connectivity index (χ2n) is 6.44. The molecule has 100 valence electrons. The number of ether oxygens (including phenoxy) is 1. The van der Waals surface area contributed by atoms with Gasteiger partial charge in [0.2, 0.25) is 0 Å². The van der Waals surface area contributed by atoms with Gasteiger partial charge in [0.1, 0.15) is 12.2 Å². The van der Waals surface area contributed by atoms with Crippen molar-refractivity contribution in [2.24, 2.45) is 0 Å². The van der Waals surface area contributed by atoms with Gasteiger partial charge >= 0.3 is 5.97 Å². The van der Waals surface area contributed by atoms with Crippen molar-refractivity contribution in [3.8, 4) is 0 Å². The largest absolute Gasteiger partial charge is 0.458 e. The van der Waals surface area contributed by atoms with E-state index in [1.54, 1.807) is 0 Å². The van der Waals surface area contributed by atoms with Gasteiger partial charge in [0.05, 0.1) is 6.61 Å². The summed E-state index contributed by atoms with van der Waals surface area (Å²) in [6.45, 7) is 13.1. The van der Waals surface area contributed by atoms with E-state index >= 15 is 0 Å². The van der Waals surface area contributed by atoms with Crippen LogP contribution in [0, 0.1) is 0 Å². The standard InChI is InChI=1S/C11H24O4Si2/c1-16(2,3)13-8-9-7-10(11(12)14-9)15-17(4,5)6/h9-10H,7-8H2,1-6H3/t9-,10+/m0/s1. The molecule has 0 spiro atoms. The van der Waals surface area contributed by atoms with Gasteiger partial charge in [-0.3, -0.25) is 0 Å². The van der Waals surface area contributed by atoms with Gasteiger partial charge in [-0.25, -0.2) is 4.79 Å². The van der Waals surface area contributed by atoms with Crippen LogP contribution >= 0.6 is 0 Å². The maximum atomic E-state index is 11.6. The lowest BCUT2D eigenvalue weighted by Crippen LogP contribution is -2.34. The van der Waals surface area contributed by atoms with Crippen molar-refractivity contribution in [2.75, 3.05) is 6.61 Å². The van der Waals surface area contributed by atoms with Gasteiger partial charge in [-0.2, -0.15) is 0 Å². The summed E-state index contributed by atoms with van der Waals surface area (Å²) in [6.07, 6.45) is 0.126. The van der Waals surface area contributed by atoms with Gasteiger partial charge in [-0.15, -0.1) is 0 Å². The Morgan fingerprint density at radius 3 is 2.24 bits per heavy atom. The molecule has 17 heavy (non-hydrogen) atoms. The number of carbonyl (C=O) groups excluding carboxylic acids is 1. The third-order valence-electron chi connectivity index (χ3n) is 2.22. The molecule has 4 nitrogen and oxygen atoms in total. The molecular formula is C11H24O4Si2. The lowest BCUT2D eigenvalue weighted by molar-refractivity contribution is -0.147. The van der Waals surface area contributed by atoms with Gasteiger partial charge in [0, 0.05) is 6.42 Å². The molecule has 1 heterocycles. The Kier molecular flexibility index (Phi) is 4.56. The monoisotopic (exact) mass is 276 g/mol. The first kappa shape index (κ1) is 14.9. The Morgan fingerprint density at radius 1 is 1.18 bits per heavy atom. The molecule has 0 N–H and O–H groups in total. The lowest BCUT2D eigenvalue weighted by atomic mass is 10.2. The smallest absolute Gasteiger partial charge is 0.334 e. The number of rotatable bonds is 5. The highest BCUT2D eigenvalue weighted by Gasteiger charge is 2.38. The van der Waals surface area contributed by atoms with Crippen LogP contribution in [0.4, 0.5) is 0 Å². The van der Waals surface area contributed by atoms with Crippen molar-refractivity contribution in [3.63, 3.8) is 0 Å². The van der Waals surface area contributed by atoms with Crippen molar-refractivity contribution < 1.29 is 18.4 Å². The van der Waals surface area contributed by atoms with E-state index in [1.165, 1.54) is 0 Å². The molecular weight excluding hydrogens is 252 g/mol. The van der Waals surface area contributed by atoms with Gasteiger partial charge in [-0.05, 0) is 39.3 Å². The average Bonchev–Trinajstić information content (AvgIpc) is 2.40. The second kappa shape index (κ2) is 5.21. The maximum Gasteiger partial charge on any atom is 0.334 e. The Bertz CT molecular complexity index is 280. The Morgan fingerprint density at radius 2 is 1.76 bits per heavy atom. The summed E-state index contributed by atoms with van der Waals surface area (Å²) in [5, 5.41) is 0. The number of cyclic esters (lactones) is 1. The van der Waals surface area contributed by atoms with Crippen molar-refractivity contribution in [1.29, 1.82) is 0 Å². The summed E-state index contributed by atoms with van der Waals surface area (Å²) in [5.74, 6) is -0.225. The van der Waals surface area contributed by atoms with Crippen LogP contribution in [-0.4, -0.2) is 41.4 Å². The van der Waals surface area contributed by atoms with Crippen LogP contribution < -0.4 is 0 Å². The fraction of sp³-hybridized carbons (Fsp3) is 0.909. The topological polar surface area (TPSA) is 44.8 Å². The van der Waals surface area contributed by atoms with Gasteiger partial charge in [0.25, 0.3) is 0 Å². The molecule has 0 bridgehead atoms. The molecule has 2 atom stereocenters. The first-order chi connectivity index (χ1) is 7.57. The van der Waals surface area contributed by atoms with Crippen molar-refractivity contribution in [1.82, 2.24) is 0 Å². The zero-order valence-corrected chi connectivity index (χ0v) is 13.7. The zero-order chi connectivity index (χ0) is 13.3. The maximum absolute atomic E-state index is 11.6. The molecule has 6 heteroatoms. The first-order valence-corrected chi connectivity index (χ1v) is 12.9. The molecule has 0 saturated carbocycles. The van der Waals surface area contributed by atoms with Gasteiger partial charge in [-0.1, -0.05) is 0 Å². The van der Waals surface area contributed by atoms with Crippen LogP contribution in [0.3, 0.4) is 0 Å². The molecule has 0 aromatic rings. The molecule has 0 unspecified atom stereocenters. The summed E-state index contributed by atoms with van der Waals surface area (Å²) in [6, 6.07) is 0. The SMILES string of the molecule is C[Si](C)(C)OC[C@@H]1C[C@@H](O[Si](C)(C)C)C(=O)O1. The van der Waals surface area contributed by atoms with Crippen molar-refractivity contribution in [3.05, 3.63) is 0 Å². The highest BCUT2D eigenvalue weighted by molar-refractivity contribution is 6.70. The molecule has 1 aliphatic heterocycles. The minimum Gasteiger partial charge on any atom is -0.458 e. The van der Waals surface area contributed by atoms with Crippen LogP contribution in [0.1, 0.15) is 6.42 Å². The molecule has 1 fully saturated rings. The van der Waals surface area contributed by atoms with Crippen LogP contribution in [0.5, 0.6) is 0 Å². The van der Waals surface area contributed by atoms with E-state index in [1.807, 2.05) is 0 Å². The van der Waals surface area contributed by atoms with Crippen LogP contribution in [0.15, 0.2) is 0 Å². The second-order valence-corrected chi connectivity index (χ2v) is 15.4. The molecule has 0 radical (unpaired) electrons. The highest BCUT2D eigenvalue weighted by Crippen LogP contribution is 2.22. The highest BCUT2D eigenvalue weighted by atomic mass is 28.4. The van der Waals surface area contributed by atoms with E-state index < -0.39 is 16.6 Å².